The minimum Gasteiger partial charge on any atom is -0.388 e. The van der Waals surface area contributed by atoms with Crippen LogP contribution in [0.25, 0.3) is 0 Å². The molecule has 1 saturated heterocycles. The van der Waals surface area contributed by atoms with Crippen molar-refractivity contribution in [2.24, 2.45) is 0 Å². The Kier molecular flexibility index (Phi) is 4.38. The Labute approximate surface area is 132 Å². The number of halogens is 1. The van der Waals surface area contributed by atoms with Gasteiger partial charge in [-0.15, -0.1) is 0 Å². The molecule has 1 aromatic heterocycles. The van der Waals surface area contributed by atoms with Gasteiger partial charge < -0.3 is 14.5 Å². The molecule has 7 heteroatoms. The molecule has 2 atom stereocenters. The maximum Gasteiger partial charge on any atom is 0.295 e. The second-order valence-electron chi connectivity index (χ2n) is 5.73. The lowest BCUT2D eigenvalue weighted by Gasteiger charge is -2.25. The highest BCUT2D eigenvalue weighted by Crippen LogP contribution is 2.28. The second kappa shape index (κ2) is 6.45. The Hall–Kier alpha value is -2.28. The number of aliphatic hydroxyl groups is 1. The molecule has 1 aliphatic rings. The number of nitrogens with zero attached hydrogens (tertiary/aromatic N) is 3. The molecule has 1 aromatic carbocycles. The molecule has 0 spiro atoms. The molecule has 0 bridgehead atoms. The Morgan fingerprint density at radius 1 is 1.48 bits per heavy atom. The van der Waals surface area contributed by atoms with Crippen molar-refractivity contribution < 1.29 is 18.8 Å². The molecule has 0 radical (unpaired) electrons. The van der Waals surface area contributed by atoms with E-state index in [0.29, 0.717) is 24.4 Å². The van der Waals surface area contributed by atoms with Crippen molar-refractivity contribution in [2.45, 2.75) is 38.3 Å². The molecular weight excluding hydrogens is 301 g/mol. The van der Waals surface area contributed by atoms with E-state index in [1.54, 1.807) is 24.0 Å². The van der Waals surface area contributed by atoms with E-state index in [9.17, 15) is 14.3 Å². The normalized spacial score (nSPS) is 19.1. The van der Waals surface area contributed by atoms with Gasteiger partial charge in [0.05, 0.1) is 6.10 Å². The van der Waals surface area contributed by atoms with Crippen molar-refractivity contribution in [3.8, 4) is 0 Å². The van der Waals surface area contributed by atoms with Gasteiger partial charge in [-0.3, -0.25) is 4.79 Å². The average molecular weight is 319 g/mol. The van der Waals surface area contributed by atoms with Gasteiger partial charge >= 0.3 is 0 Å². The number of aliphatic hydroxyl groups excluding tert-OH is 1. The van der Waals surface area contributed by atoms with Gasteiger partial charge in [-0.05, 0) is 37.0 Å². The lowest BCUT2D eigenvalue weighted by molar-refractivity contribution is 0.0652. The maximum absolute atomic E-state index is 13.0. The first-order valence-electron chi connectivity index (χ1n) is 7.59. The summed E-state index contributed by atoms with van der Waals surface area (Å²) in [4.78, 5) is 18.1. The summed E-state index contributed by atoms with van der Waals surface area (Å²) in [6, 6.07) is 5.66. The van der Waals surface area contributed by atoms with E-state index in [1.165, 1.54) is 12.1 Å². The third-order valence-corrected chi connectivity index (χ3v) is 4.11. The van der Waals surface area contributed by atoms with Gasteiger partial charge in [-0.1, -0.05) is 17.3 Å². The maximum atomic E-state index is 13.0. The van der Waals surface area contributed by atoms with Crippen molar-refractivity contribution >= 4 is 5.91 Å². The van der Waals surface area contributed by atoms with Crippen molar-refractivity contribution in [3.63, 3.8) is 0 Å². The lowest BCUT2D eigenvalue weighted by Crippen LogP contribution is -2.37. The summed E-state index contributed by atoms with van der Waals surface area (Å²) in [6.45, 7) is 2.23. The molecule has 2 heterocycles. The number of likely N-dealkylation sites (tertiary alicyclic amines) is 1. The topological polar surface area (TPSA) is 79.5 Å². The zero-order valence-corrected chi connectivity index (χ0v) is 12.8. The van der Waals surface area contributed by atoms with Crippen LogP contribution in [-0.2, 0) is 0 Å². The number of rotatable bonds is 4. The summed E-state index contributed by atoms with van der Waals surface area (Å²) in [5.41, 5.74) is 0.640. The Bertz CT molecular complexity index is 686. The Balaban J connectivity index is 1.69. The van der Waals surface area contributed by atoms with Gasteiger partial charge in [-0.2, -0.15) is 4.98 Å². The number of aromatic nitrogens is 2. The number of carbonyl (C=O) groups excluding carboxylic acids is 1. The van der Waals surface area contributed by atoms with E-state index in [1.807, 2.05) is 0 Å². The first-order chi connectivity index (χ1) is 11.0. The summed E-state index contributed by atoms with van der Waals surface area (Å²) in [5, 5.41) is 14.0. The predicted octanol–water partition coefficient (Wildman–Crippen LogP) is 2.25. The fraction of sp³-hybridized carbons (Fsp3) is 0.438. The summed E-state index contributed by atoms with van der Waals surface area (Å²) in [6.07, 6.45) is 1.32. The van der Waals surface area contributed by atoms with E-state index >= 15 is 0 Å². The van der Waals surface area contributed by atoms with Gasteiger partial charge in [0, 0.05) is 19.5 Å². The quantitative estimate of drug-likeness (QED) is 0.935. The number of carbonyl (C=O) groups is 1. The van der Waals surface area contributed by atoms with E-state index in [2.05, 4.69) is 10.1 Å². The minimum atomic E-state index is -0.749. The van der Waals surface area contributed by atoms with Crippen LogP contribution in [0.15, 0.2) is 28.8 Å². The molecule has 23 heavy (non-hydrogen) atoms. The highest BCUT2D eigenvalue weighted by atomic mass is 19.1. The lowest BCUT2D eigenvalue weighted by atomic mass is 10.0. The van der Waals surface area contributed by atoms with E-state index in [-0.39, 0.29) is 23.6 Å². The molecule has 1 N–H and O–H groups in total. The third kappa shape index (κ3) is 3.39. The molecule has 2 aromatic rings. The van der Waals surface area contributed by atoms with Gasteiger partial charge in [0.25, 0.3) is 11.7 Å². The number of hydrogen-bond donors (Lipinski definition) is 1. The molecule has 1 amide bonds. The van der Waals surface area contributed by atoms with Crippen LogP contribution in [0, 0.1) is 12.7 Å². The molecule has 122 valence electrons. The van der Waals surface area contributed by atoms with Crippen molar-refractivity contribution in [2.75, 3.05) is 6.54 Å². The summed E-state index contributed by atoms with van der Waals surface area (Å²) < 4.78 is 17.8. The fourth-order valence-corrected chi connectivity index (χ4v) is 2.94. The SMILES string of the molecule is Cc1nc(C(=O)N2CCCC2CC(O)c2ccc(F)cc2)no1. The number of hydrogen-bond acceptors (Lipinski definition) is 5. The van der Waals surface area contributed by atoms with Crippen LogP contribution >= 0.6 is 0 Å². The van der Waals surface area contributed by atoms with Crippen LogP contribution in [0.3, 0.4) is 0 Å². The number of aryl methyl sites for hydroxylation is 1. The standard InChI is InChI=1S/C16H18FN3O3/c1-10-18-15(19-23-10)16(22)20-8-2-3-13(20)9-14(21)11-4-6-12(17)7-5-11/h4-7,13-14,21H,2-3,8-9H2,1H3. The molecule has 2 unspecified atom stereocenters. The van der Waals surface area contributed by atoms with Crippen LogP contribution < -0.4 is 0 Å². The zero-order chi connectivity index (χ0) is 16.4. The van der Waals surface area contributed by atoms with Crippen LogP contribution in [0.1, 0.15) is 47.4 Å². The fourth-order valence-electron chi connectivity index (χ4n) is 2.94. The molecule has 3 rings (SSSR count). The molecular formula is C16H18FN3O3. The molecule has 0 aliphatic carbocycles. The van der Waals surface area contributed by atoms with Gasteiger partial charge in [-0.25, -0.2) is 4.39 Å². The van der Waals surface area contributed by atoms with Gasteiger partial charge in [0.15, 0.2) is 0 Å². The van der Waals surface area contributed by atoms with Crippen LogP contribution in [0.2, 0.25) is 0 Å². The summed E-state index contributed by atoms with van der Waals surface area (Å²) >= 11 is 0. The smallest absolute Gasteiger partial charge is 0.295 e. The first-order valence-corrected chi connectivity index (χ1v) is 7.59. The van der Waals surface area contributed by atoms with Gasteiger partial charge in [0.1, 0.15) is 5.82 Å². The zero-order valence-electron chi connectivity index (χ0n) is 12.8. The molecule has 1 aliphatic heterocycles. The highest BCUT2D eigenvalue weighted by Gasteiger charge is 2.33. The largest absolute Gasteiger partial charge is 0.388 e. The van der Waals surface area contributed by atoms with E-state index < -0.39 is 6.10 Å². The van der Waals surface area contributed by atoms with Crippen LogP contribution in [0.4, 0.5) is 4.39 Å². The Morgan fingerprint density at radius 2 is 2.22 bits per heavy atom. The van der Waals surface area contributed by atoms with Crippen molar-refractivity contribution in [1.29, 1.82) is 0 Å². The van der Waals surface area contributed by atoms with Crippen LogP contribution in [0.5, 0.6) is 0 Å². The van der Waals surface area contributed by atoms with Crippen molar-refractivity contribution in [3.05, 3.63) is 47.4 Å². The first kappa shape index (κ1) is 15.6. The summed E-state index contributed by atoms with van der Waals surface area (Å²) in [7, 11) is 0. The molecule has 6 nitrogen and oxygen atoms in total. The van der Waals surface area contributed by atoms with E-state index in [4.69, 9.17) is 4.52 Å². The Morgan fingerprint density at radius 3 is 2.87 bits per heavy atom. The second-order valence-corrected chi connectivity index (χ2v) is 5.73. The van der Waals surface area contributed by atoms with Crippen LogP contribution in [-0.4, -0.2) is 38.6 Å². The monoisotopic (exact) mass is 319 g/mol. The number of amides is 1. The molecule has 0 saturated carbocycles. The number of benzene rings is 1. The molecule has 1 fully saturated rings. The average Bonchev–Trinajstić information content (AvgIpc) is 3.16. The van der Waals surface area contributed by atoms with Gasteiger partial charge in [0.2, 0.25) is 5.89 Å². The van der Waals surface area contributed by atoms with Crippen molar-refractivity contribution in [1.82, 2.24) is 15.0 Å². The minimum absolute atomic E-state index is 0.0469. The predicted molar refractivity (Wildman–Crippen MR) is 79.1 cm³/mol. The third-order valence-electron chi connectivity index (χ3n) is 4.11. The van der Waals surface area contributed by atoms with E-state index in [0.717, 1.165) is 12.8 Å². The highest BCUT2D eigenvalue weighted by molar-refractivity contribution is 5.90. The summed E-state index contributed by atoms with van der Waals surface area (Å²) in [5.74, 6) is -0.233.